The normalized spacial score (nSPS) is 11.8. The molecule has 0 saturated heterocycles. The fraction of sp³-hybridized carbons (Fsp3) is 0.294. The molecule has 128 valence electrons. The molecule has 0 bridgehead atoms. The number of nitrogens with zero attached hydrogens (tertiary/aromatic N) is 1. The number of carbonyl (C=O) groups is 1. The minimum absolute atomic E-state index is 0.0281. The van der Waals surface area contributed by atoms with Gasteiger partial charge in [-0.3, -0.25) is 4.79 Å². The van der Waals surface area contributed by atoms with E-state index >= 15 is 0 Å². The van der Waals surface area contributed by atoms with Crippen molar-refractivity contribution in [3.63, 3.8) is 0 Å². The zero-order valence-corrected chi connectivity index (χ0v) is 13.4. The lowest BCUT2D eigenvalue weighted by Crippen LogP contribution is -2.33. The molecule has 7 nitrogen and oxygen atoms in total. The minimum Gasteiger partial charge on any atom is -0.439 e. The van der Waals surface area contributed by atoms with Crippen LogP contribution in [0.5, 0.6) is 11.6 Å². The number of aliphatic hydroxyl groups is 2. The number of aromatic nitrogens is 1. The van der Waals surface area contributed by atoms with Gasteiger partial charge in [0.15, 0.2) is 0 Å². The fourth-order valence-electron chi connectivity index (χ4n) is 2.08. The number of rotatable bonds is 7. The zero-order chi connectivity index (χ0) is 17.5. The van der Waals surface area contributed by atoms with Crippen molar-refractivity contribution >= 4 is 5.91 Å². The number of nitrogens with one attached hydrogen (secondary N) is 1. The van der Waals surface area contributed by atoms with E-state index < -0.39 is 12.7 Å². The van der Waals surface area contributed by atoms with Gasteiger partial charge in [0.2, 0.25) is 5.88 Å². The van der Waals surface area contributed by atoms with Gasteiger partial charge < -0.3 is 26.0 Å². The third-order valence-electron chi connectivity index (χ3n) is 3.25. The monoisotopic (exact) mass is 331 g/mol. The fourth-order valence-corrected chi connectivity index (χ4v) is 2.08. The summed E-state index contributed by atoms with van der Waals surface area (Å²) in [6, 6.07) is 10.2. The van der Waals surface area contributed by atoms with E-state index in [1.807, 2.05) is 13.0 Å². The van der Waals surface area contributed by atoms with Crippen molar-refractivity contribution in [3.05, 3.63) is 53.2 Å². The van der Waals surface area contributed by atoms with Crippen LogP contribution < -0.4 is 15.8 Å². The number of nitrogens with two attached hydrogens (primary N) is 1. The van der Waals surface area contributed by atoms with Crippen LogP contribution >= 0.6 is 0 Å². The number of benzene rings is 1. The van der Waals surface area contributed by atoms with Crippen molar-refractivity contribution in [2.45, 2.75) is 19.6 Å². The maximum atomic E-state index is 12.0. The number of aliphatic hydroxyl groups excluding tert-OH is 2. The van der Waals surface area contributed by atoms with Gasteiger partial charge >= 0.3 is 0 Å². The second kappa shape index (κ2) is 8.39. The summed E-state index contributed by atoms with van der Waals surface area (Å²) in [4.78, 5) is 16.3. The lowest BCUT2D eigenvalue weighted by Gasteiger charge is -2.11. The molecular formula is C17H21N3O4. The van der Waals surface area contributed by atoms with E-state index in [0.29, 0.717) is 23.7 Å². The molecule has 0 aliphatic rings. The molecule has 1 heterocycles. The molecule has 1 amide bonds. The second-order valence-electron chi connectivity index (χ2n) is 5.34. The Hall–Kier alpha value is -2.48. The minimum atomic E-state index is -0.987. The molecule has 0 fully saturated rings. The van der Waals surface area contributed by atoms with Gasteiger partial charge in [-0.1, -0.05) is 6.07 Å². The van der Waals surface area contributed by atoms with Crippen LogP contribution in [-0.4, -0.2) is 40.4 Å². The average molecular weight is 331 g/mol. The Balaban J connectivity index is 2.10. The number of aryl methyl sites for hydroxylation is 1. The maximum Gasteiger partial charge on any atom is 0.251 e. The Kier molecular flexibility index (Phi) is 6.25. The Labute approximate surface area is 140 Å². The van der Waals surface area contributed by atoms with Gasteiger partial charge in [-0.15, -0.1) is 0 Å². The van der Waals surface area contributed by atoms with Crippen molar-refractivity contribution in [1.82, 2.24) is 10.3 Å². The topological polar surface area (TPSA) is 118 Å². The highest BCUT2D eigenvalue weighted by molar-refractivity contribution is 5.94. The van der Waals surface area contributed by atoms with Gasteiger partial charge in [0, 0.05) is 30.4 Å². The lowest BCUT2D eigenvalue weighted by atomic mass is 10.2. The molecule has 1 atom stereocenters. The summed E-state index contributed by atoms with van der Waals surface area (Å²) < 4.78 is 5.70. The molecular weight excluding hydrogens is 310 g/mol. The quantitative estimate of drug-likeness (QED) is 0.594. The Bertz CT molecular complexity index is 706. The second-order valence-corrected chi connectivity index (χ2v) is 5.34. The number of hydrogen-bond donors (Lipinski definition) is 4. The molecule has 5 N–H and O–H groups in total. The number of carbonyl (C=O) groups excluding carboxylic acids is 1. The molecule has 0 unspecified atom stereocenters. The van der Waals surface area contributed by atoms with E-state index in [0.717, 1.165) is 11.3 Å². The third kappa shape index (κ3) is 5.02. The Morgan fingerprint density at radius 3 is 2.88 bits per heavy atom. The van der Waals surface area contributed by atoms with Crippen LogP contribution in [0.3, 0.4) is 0 Å². The summed E-state index contributed by atoms with van der Waals surface area (Å²) in [5.74, 6) is 0.503. The van der Waals surface area contributed by atoms with Crippen molar-refractivity contribution in [3.8, 4) is 11.6 Å². The van der Waals surface area contributed by atoms with Crippen LogP contribution in [0.1, 0.15) is 21.6 Å². The van der Waals surface area contributed by atoms with Gasteiger partial charge in [-0.2, -0.15) is 0 Å². The number of ether oxygens (including phenoxy) is 1. The van der Waals surface area contributed by atoms with E-state index in [-0.39, 0.29) is 12.5 Å². The molecule has 0 radical (unpaired) electrons. The summed E-state index contributed by atoms with van der Waals surface area (Å²) in [5, 5.41) is 20.6. The first-order chi connectivity index (χ1) is 11.5. The molecule has 1 aromatic carbocycles. The van der Waals surface area contributed by atoms with E-state index in [1.165, 1.54) is 0 Å². The highest BCUT2D eigenvalue weighted by atomic mass is 16.5. The van der Waals surface area contributed by atoms with Crippen molar-refractivity contribution in [2.24, 2.45) is 5.73 Å². The first kappa shape index (κ1) is 17.9. The molecule has 24 heavy (non-hydrogen) atoms. The first-order valence-electron chi connectivity index (χ1n) is 7.54. The van der Waals surface area contributed by atoms with Crippen molar-refractivity contribution in [1.29, 1.82) is 0 Å². The highest BCUT2D eigenvalue weighted by Gasteiger charge is 2.10. The number of hydrogen-bond acceptors (Lipinski definition) is 6. The van der Waals surface area contributed by atoms with E-state index in [2.05, 4.69) is 10.3 Å². The molecule has 0 spiro atoms. The summed E-state index contributed by atoms with van der Waals surface area (Å²) in [5.41, 5.74) is 7.72. The predicted molar refractivity (Wildman–Crippen MR) is 88.8 cm³/mol. The largest absolute Gasteiger partial charge is 0.439 e. The molecule has 0 saturated carbocycles. The molecule has 2 rings (SSSR count). The summed E-state index contributed by atoms with van der Waals surface area (Å²) >= 11 is 0. The van der Waals surface area contributed by atoms with Gasteiger partial charge in [0.25, 0.3) is 5.91 Å². The summed E-state index contributed by atoms with van der Waals surface area (Å²) in [6.07, 6.45) is -0.987. The SMILES string of the molecule is Cc1cc(CN)cc(Oc2cccc(C(=O)NC[C@@H](O)CO)c2)n1. The van der Waals surface area contributed by atoms with Crippen LogP contribution in [0.4, 0.5) is 0 Å². The first-order valence-corrected chi connectivity index (χ1v) is 7.54. The van der Waals surface area contributed by atoms with Crippen LogP contribution in [0.25, 0.3) is 0 Å². The number of pyridine rings is 1. The lowest BCUT2D eigenvalue weighted by molar-refractivity contribution is 0.0802. The van der Waals surface area contributed by atoms with Crippen LogP contribution in [0.2, 0.25) is 0 Å². The third-order valence-corrected chi connectivity index (χ3v) is 3.25. The van der Waals surface area contributed by atoms with Gasteiger partial charge in [-0.25, -0.2) is 4.98 Å². The van der Waals surface area contributed by atoms with Crippen molar-refractivity contribution < 1.29 is 19.7 Å². The van der Waals surface area contributed by atoms with Crippen LogP contribution in [0.15, 0.2) is 36.4 Å². The van der Waals surface area contributed by atoms with Gasteiger partial charge in [-0.05, 0) is 36.8 Å². The van der Waals surface area contributed by atoms with Crippen molar-refractivity contribution in [2.75, 3.05) is 13.2 Å². The van der Waals surface area contributed by atoms with E-state index in [9.17, 15) is 9.90 Å². The highest BCUT2D eigenvalue weighted by Crippen LogP contribution is 2.22. The van der Waals surface area contributed by atoms with Crippen LogP contribution in [0, 0.1) is 6.92 Å². The van der Waals surface area contributed by atoms with Gasteiger partial charge in [0.05, 0.1) is 12.7 Å². The standard InChI is InChI=1S/C17H21N3O4/c1-11-5-12(8-18)6-16(20-11)24-15-4-2-3-13(7-15)17(23)19-9-14(22)10-21/h2-7,14,21-22H,8-10,18H2,1H3,(H,19,23)/t14-/m1/s1. The molecule has 0 aliphatic carbocycles. The van der Waals surface area contributed by atoms with Gasteiger partial charge in [0.1, 0.15) is 5.75 Å². The summed E-state index contributed by atoms with van der Waals surface area (Å²) in [7, 11) is 0. The van der Waals surface area contributed by atoms with E-state index in [1.54, 1.807) is 30.3 Å². The smallest absolute Gasteiger partial charge is 0.251 e. The van der Waals surface area contributed by atoms with E-state index in [4.69, 9.17) is 15.6 Å². The molecule has 2 aromatic rings. The summed E-state index contributed by atoms with van der Waals surface area (Å²) in [6.45, 7) is 1.79. The molecule has 1 aromatic heterocycles. The maximum absolute atomic E-state index is 12.0. The molecule has 0 aliphatic heterocycles. The zero-order valence-electron chi connectivity index (χ0n) is 13.4. The van der Waals surface area contributed by atoms with Crippen LogP contribution in [-0.2, 0) is 6.54 Å². The Morgan fingerprint density at radius 1 is 1.38 bits per heavy atom. The molecule has 7 heteroatoms. The average Bonchev–Trinajstić information content (AvgIpc) is 2.58. The Morgan fingerprint density at radius 2 is 2.17 bits per heavy atom. The number of amides is 1. The predicted octanol–water partition coefficient (Wildman–Crippen LogP) is 0.724.